The molecule has 1 saturated heterocycles. The number of rotatable bonds is 8. The second kappa shape index (κ2) is 10.5. The van der Waals surface area contributed by atoms with Crippen LogP contribution in [0.2, 0.25) is 0 Å². The SMILES string of the molecule is COc1ccc(CN2C=[N+](Cc3ccc(OC)cc3)C[C@H]3O[C@@](C)(OC)[C@](C)(OC)O[C@@H]3C2)cc1. The quantitative estimate of drug-likeness (QED) is 0.532. The topological polar surface area (TPSA) is 61.6 Å². The van der Waals surface area contributed by atoms with Gasteiger partial charge in [-0.25, -0.2) is 0 Å². The molecule has 4 atom stereocenters. The molecule has 8 nitrogen and oxygen atoms in total. The number of benzene rings is 2. The molecule has 8 heteroatoms. The summed E-state index contributed by atoms with van der Waals surface area (Å²) in [6, 6.07) is 16.3. The lowest BCUT2D eigenvalue weighted by molar-refractivity contribution is -0.565. The van der Waals surface area contributed by atoms with E-state index in [1.807, 2.05) is 38.1 Å². The number of nitrogens with zero attached hydrogens (tertiary/aromatic N) is 2. The lowest BCUT2D eigenvalue weighted by Gasteiger charge is -2.51. The molecule has 2 aromatic carbocycles. The highest BCUT2D eigenvalue weighted by Gasteiger charge is 2.58. The summed E-state index contributed by atoms with van der Waals surface area (Å²) in [5, 5.41) is 0. The summed E-state index contributed by atoms with van der Waals surface area (Å²) in [7, 11) is 6.59. The Morgan fingerprint density at radius 2 is 1.31 bits per heavy atom. The van der Waals surface area contributed by atoms with E-state index in [1.54, 1.807) is 28.4 Å². The summed E-state index contributed by atoms with van der Waals surface area (Å²) < 4.78 is 37.5. The van der Waals surface area contributed by atoms with Gasteiger partial charge in [-0.05, 0) is 49.2 Å². The second-order valence-corrected chi connectivity index (χ2v) is 9.28. The van der Waals surface area contributed by atoms with Crippen LogP contribution in [0, 0.1) is 0 Å². The third-order valence-electron chi connectivity index (χ3n) is 7.02. The Balaban J connectivity index is 1.61. The van der Waals surface area contributed by atoms with Crippen molar-refractivity contribution < 1.29 is 33.0 Å². The first-order valence-corrected chi connectivity index (χ1v) is 11.9. The molecule has 0 N–H and O–H groups in total. The van der Waals surface area contributed by atoms with Crippen LogP contribution in [0.5, 0.6) is 11.5 Å². The number of fused-ring (bicyclic) bond motifs is 1. The van der Waals surface area contributed by atoms with E-state index in [1.165, 1.54) is 11.1 Å². The molecule has 2 aliphatic rings. The molecule has 1 fully saturated rings. The van der Waals surface area contributed by atoms with Crippen molar-refractivity contribution in [1.82, 2.24) is 4.90 Å². The van der Waals surface area contributed by atoms with Gasteiger partial charge in [0.15, 0.2) is 0 Å². The predicted octanol–water partition coefficient (Wildman–Crippen LogP) is 3.27. The molecule has 0 aliphatic carbocycles. The zero-order valence-electron chi connectivity index (χ0n) is 21.5. The van der Waals surface area contributed by atoms with Crippen LogP contribution in [0.1, 0.15) is 25.0 Å². The molecule has 0 spiro atoms. The minimum absolute atomic E-state index is 0.210. The van der Waals surface area contributed by atoms with Crippen molar-refractivity contribution in [2.45, 2.75) is 50.7 Å². The minimum atomic E-state index is -1.04. The normalized spacial score (nSPS) is 28.6. The Morgan fingerprint density at radius 3 is 1.83 bits per heavy atom. The van der Waals surface area contributed by atoms with E-state index in [4.69, 9.17) is 28.4 Å². The highest BCUT2D eigenvalue weighted by Crippen LogP contribution is 2.40. The lowest BCUT2D eigenvalue weighted by atomic mass is 10.0. The Kier molecular flexibility index (Phi) is 7.66. The van der Waals surface area contributed by atoms with Gasteiger partial charge in [0.2, 0.25) is 17.9 Å². The van der Waals surface area contributed by atoms with Gasteiger partial charge < -0.3 is 28.4 Å². The molecule has 0 aromatic heterocycles. The summed E-state index contributed by atoms with van der Waals surface area (Å²) in [6.45, 7) is 6.47. The average molecular weight is 486 g/mol. The Labute approximate surface area is 207 Å². The van der Waals surface area contributed by atoms with Crippen molar-refractivity contribution in [2.75, 3.05) is 41.5 Å². The van der Waals surface area contributed by atoms with Crippen LogP contribution in [0.25, 0.3) is 0 Å². The van der Waals surface area contributed by atoms with Gasteiger partial charge in [0.25, 0.3) is 0 Å². The monoisotopic (exact) mass is 485 g/mol. The van der Waals surface area contributed by atoms with Crippen molar-refractivity contribution in [1.29, 1.82) is 0 Å². The fourth-order valence-electron chi connectivity index (χ4n) is 4.65. The fourth-order valence-corrected chi connectivity index (χ4v) is 4.65. The molecule has 2 heterocycles. The Hall–Kier alpha value is -2.65. The number of hydrogen-bond acceptors (Lipinski definition) is 7. The van der Waals surface area contributed by atoms with Crippen LogP contribution in [0.3, 0.4) is 0 Å². The standard InChI is InChI=1S/C27H37N2O6/c1-26(32-5)27(2,33-6)35-25-18-29(16-21-9-13-23(31-4)14-10-21)19-28(17-24(25)34-26)15-20-7-11-22(30-3)12-8-20/h7-14,19,24-25H,15-18H2,1-6H3/q+1/t24-,25-,26-,27-/m1/s1. The van der Waals surface area contributed by atoms with Crippen molar-refractivity contribution in [3.63, 3.8) is 0 Å². The summed E-state index contributed by atoms with van der Waals surface area (Å²) in [6.07, 6.45) is 1.76. The zero-order valence-corrected chi connectivity index (χ0v) is 21.5. The van der Waals surface area contributed by atoms with Gasteiger partial charge in [0.1, 0.15) is 49.9 Å². The van der Waals surface area contributed by atoms with E-state index in [2.05, 4.69) is 40.1 Å². The van der Waals surface area contributed by atoms with Crippen molar-refractivity contribution in [2.24, 2.45) is 0 Å². The van der Waals surface area contributed by atoms with E-state index < -0.39 is 11.6 Å². The molecule has 0 bridgehead atoms. The molecule has 0 unspecified atom stereocenters. The third-order valence-corrected chi connectivity index (χ3v) is 7.02. The molecule has 4 rings (SSSR count). The maximum absolute atomic E-state index is 6.55. The first-order valence-electron chi connectivity index (χ1n) is 11.9. The average Bonchev–Trinajstić information content (AvgIpc) is 3.02. The molecule has 0 radical (unpaired) electrons. The van der Waals surface area contributed by atoms with Gasteiger partial charge in [0.05, 0.1) is 14.2 Å². The molecule has 2 aliphatic heterocycles. The van der Waals surface area contributed by atoms with Crippen LogP contribution in [0.15, 0.2) is 48.5 Å². The van der Waals surface area contributed by atoms with E-state index in [-0.39, 0.29) is 12.2 Å². The van der Waals surface area contributed by atoms with Crippen LogP contribution in [0.4, 0.5) is 0 Å². The fraction of sp³-hybridized carbons (Fsp3) is 0.519. The van der Waals surface area contributed by atoms with Gasteiger partial charge in [-0.15, -0.1) is 0 Å². The molecular weight excluding hydrogens is 448 g/mol. The summed E-state index contributed by atoms with van der Waals surface area (Å²) >= 11 is 0. The first kappa shape index (κ1) is 25.4. The van der Waals surface area contributed by atoms with Crippen LogP contribution < -0.4 is 9.47 Å². The molecule has 0 amide bonds. The van der Waals surface area contributed by atoms with E-state index in [0.717, 1.165) is 24.6 Å². The van der Waals surface area contributed by atoms with Crippen LogP contribution in [-0.2, 0) is 32.0 Å². The highest BCUT2D eigenvalue weighted by molar-refractivity contribution is 5.50. The number of ether oxygens (including phenoxy) is 6. The van der Waals surface area contributed by atoms with Gasteiger partial charge in [-0.3, -0.25) is 9.48 Å². The zero-order chi connectivity index (χ0) is 25.1. The summed E-state index contributed by atoms with van der Waals surface area (Å²) in [5.74, 6) is -0.401. The van der Waals surface area contributed by atoms with Crippen molar-refractivity contribution >= 4 is 6.34 Å². The third kappa shape index (κ3) is 5.46. The maximum Gasteiger partial charge on any atom is 0.234 e. The Bertz CT molecular complexity index is 1010. The van der Waals surface area contributed by atoms with E-state index in [9.17, 15) is 0 Å². The highest BCUT2D eigenvalue weighted by atomic mass is 16.8. The first-order chi connectivity index (χ1) is 16.8. The molecule has 190 valence electrons. The summed E-state index contributed by atoms with van der Waals surface area (Å²) in [4.78, 5) is 2.27. The molecule has 35 heavy (non-hydrogen) atoms. The Morgan fingerprint density at radius 1 is 0.800 bits per heavy atom. The van der Waals surface area contributed by atoms with E-state index >= 15 is 0 Å². The number of methoxy groups -OCH3 is 4. The van der Waals surface area contributed by atoms with E-state index in [0.29, 0.717) is 13.1 Å². The second-order valence-electron chi connectivity index (χ2n) is 9.28. The van der Waals surface area contributed by atoms with Gasteiger partial charge in [-0.1, -0.05) is 24.3 Å². The maximum atomic E-state index is 6.55. The minimum Gasteiger partial charge on any atom is -0.497 e. The van der Waals surface area contributed by atoms with Crippen molar-refractivity contribution in [3.8, 4) is 11.5 Å². The predicted molar refractivity (Wildman–Crippen MR) is 132 cm³/mol. The molecule has 0 saturated carbocycles. The number of hydrogen-bond donors (Lipinski definition) is 0. The van der Waals surface area contributed by atoms with Gasteiger partial charge in [-0.2, -0.15) is 0 Å². The van der Waals surface area contributed by atoms with Crippen molar-refractivity contribution in [3.05, 3.63) is 59.7 Å². The lowest BCUT2D eigenvalue weighted by Crippen LogP contribution is -2.67. The van der Waals surface area contributed by atoms with Gasteiger partial charge >= 0.3 is 0 Å². The largest absolute Gasteiger partial charge is 0.497 e. The molecule has 2 aromatic rings. The smallest absolute Gasteiger partial charge is 0.234 e. The van der Waals surface area contributed by atoms with Crippen LogP contribution in [-0.4, -0.2) is 81.1 Å². The summed E-state index contributed by atoms with van der Waals surface area (Å²) in [5.41, 5.74) is 2.36. The van der Waals surface area contributed by atoms with Gasteiger partial charge in [0, 0.05) is 14.2 Å². The van der Waals surface area contributed by atoms with Crippen LogP contribution >= 0.6 is 0 Å². The molecular formula is C27H37N2O6+.